The summed E-state index contributed by atoms with van der Waals surface area (Å²) < 4.78 is 13.5. The van der Waals surface area contributed by atoms with E-state index in [-0.39, 0.29) is 11.7 Å². The first-order valence-electron chi connectivity index (χ1n) is 7.74. The lowest BCUT2D eigenvalue weighted by Crippen LogP contribution is -2.35. The fourth-order valence-corrected chi connectivity index (χ4v) is 2.69. The molecule has 0 unspecified atom stereocenters. The molecule has 6 heteroatoms. The maximum Gasteiger partial charge on any atom is 0.222 e. The van der Waals surface area contributed by atoms with E-state index in [9.17, 15) is 9.18 Å². The van der Waals surface area contributed by atoms with Gasteiger partial charge in [-0.25, -0.2) is 4.39 Å². The van der Waals surface area contributed by atoms with Gasteiger partial charge in [-0.2, -0.15) is 0 Å². The third kappa shape index (κ3) is 5.26. The fourth-order valence-electron chi connectivity index (χ4n) is 2.48. The molecule has 1 amide bonds. The van der Waals surface area contributed by atoms with Gasteiger partial charge in [0.1, 0.15) is 5.82 Å². The van der Waals surface area contributed by atoms with Crippen LogP contribution >= 0.6 is 12.2 Å². The molecule has 0 aliphatic carbocycles. The number of nitrogens with zero attached hydrogens (tertiary/aromatic N) is 1. The number of anilines is 1. The van der Waals surface area contributed by atoms with Crippen molar-refractivity contribution in [2.45, 2.75) is 32.1 Å². The quantitative estimate of drug-likeness (QED) is 0.646. The minimum atomic E-state index is -0.332. The van der Waals surface area contributed by atoms with Gasteiger partial charge < -0.3 is 15.5 Å². The van der Waals surface area contributed by atoms with E-state index in [0.29, 0.717) is 23.8 Å². The Labute approximate surface area is 136 Å². The number of thiocarbonyl (C=S) groups is 1. The van der Waals surface area contributed by atoms with Crippen molar-refractivity contribution < 1.29 is 9.18 Å². The molecule has 1 fully saturated rings. The Hall–Kier alpha value is -1.69. The molecule has 1 heterocycles. The Morgan fingerprint density at radius 1 is 1.27 bits per heavy atom. The first-order chi connectivity index (χ1) is 10.7. The smallest absolute Gasteiger partial charge is 0.222 e. The van der Waals surface area contributed by atoms with Gasteiger partial charge in [-0.3, -0.25) is 4.79 Å². The number of likely N-dealkylation sites (tertiary alicyclic amines) is 1. The van der Waals surface area contributed by atoms with Gasteiger partial charge in [0.05, 0.1) is 5.69 Å². The summed E-state index contributed by atoms with van der Waals surface area (Å²) in [4.78, 5) is 13.8. The maximum atomic E-state index is 13.5. The van der Waals surface area contributed by atoms with Crippen LogP contribution in [0.3, 0.4) is 0 Å². The molecule has 1 aliphatic rings. The summed E-state index contributed by atoms with van der Waals surface area (Å²) in [5.41, 5.74) is 0.364. The summed E-state index contributed by atoms with van der Waals surface area (Å²) in [6.45, 7) is 2.26. The third-order valence-corrected chi connectivity index (χ3v) is 3.93. The molecule has 2 rings (SSSR count). The average Bonchev–Trinajstić information content (AvgIpc) is 2.71. The van der Waals surface area contributed by atoms with Gasteiger partial charge in [-0.1, -0.05) is 18.6 Å². The van der Waals surface area contributed by atoms with Crippen molar-refractivity contribution in [1.82, 2.24) is 10.2 Å². The Morgan fingerprint density at radius 2 is 2.09 bits per heavy atom. The maximum absolute atomic E-state index is 13.5. The molecule has 1 aliphatic heterocycles. The predicted molar refractivity (Wildman–Crippen MR) is 90.3 cm³/mol. The zero-order valence-electron chi connectivity index (χ0n) is 12.6. The number of nitrogens with one attached hydrogen (secondary N) is 2. The Bertz CT molecular complexity index is 524. The van der Waals surface area contributed by atoms with Gasteiger partial charge in [-0.05, 0) is 43.6 Å². The molecule has 4 nitrogen and oxygen atoms in total. The second kappa shape index (κ2) is 8.68. The molecule has 0 saturated carbocycles. The van der Waals surface area contributed by atoms with E-state index >= 15 is 0 Å². The SMILES string of the molecule is O=C1CCCCCN1CCCNC(=S)Nc1ccccc1F. The molecule has 0 aromatic heterocycles. The summed E-state index contributed by atoms with van der Waals surface area (Å²) in [6.07, 6.45) is 4.72. The van der Waals surface area contributed by atoms with E-state index in [1.54, 1.807) is 18.2 Å². The number of hydrogen-bond donors (Lipinski definition) is 2. The molecule has 120 valence electrons. The second-order valence-corrected chi connectivity index (χ2v) is 5.81. The van der Waals surface area contributed by atoms with Crippen LogP contribution in [0.15, 0.2) is 24.3 Å². The minimum absolute atomic E-state index is 0.254. The van der Waals surface area contributed by atoms with Gasteiger partial charge in [0, 0.05) is 26.1 Å². The number of benzene rings is 1. The number of amides is 1. The lowest BCUT2D eigenvalue weighted by atomic mass is 10.2. The van der Waals surface area contributed by atoms with Crippen molar-refractivity contribution in [3.05, 3.63) is 30.1 Å². The Morgan fingerprint density at radius 3 is 2.91 bits per heavy atom. The molecular formula is C16H22FN3OS. The zero-order valence-corrected chi connectivity index (χ0v) is 13.4. The van der Waals surface area contributed by atoms with E-state index in [1.807, 2.05) is 4.90 Å². The number of rotatable bonds is 5. The summed E-state index contributed by atoms with van der Waals surface area (Å²) in [5.74, 6) is -0.0774. The van der Waals surface area contributed by atoms with Crippen LogP contribution in [0, 0.1) is 5.82 Å². The third-order valence-electron chi connectivity index (χ3n) is 3.68. The predicted octanol–water partition coefficient (Wildman–Crippen LogP) is 2.90. The topological polar surface area (TPSA) is 44.4 Å². The van der Waals surface area contributed by atoms with Crippen LogP contribution in [-0.4, -0.2) is 35.6 Å². The highest BCUT2D eigenvalue weighted by molar-refractivity contribution is 7.80. The van der Waals surface area contributed by atoms with Gasteiger partial charge in [0.15, 0.2) is 5.11 Å². The molecule has 1 aromatic rings. The van der Waals surface area contributed by atoms with Crippen molar-refractivity contribution in [3.8, 4) is 0 Å². The zero-order chi connectivity index (χ0) is 15.8. The molecule has 0 spiro atoms. The summed E-state index contributed by atoms with van der Waals surface area (Å²) in [7, 11) is 0. The lowest BCUT2D eigenvalue weighted by molar-refractivity contribution is -0.130. The minimum Gasteiger partial charge on any atom is -0.362 e. The van der Waals surface area contributed by atoms with E-state index < -0.39 is 0 Å². The number of carbonyl (C=O) groups is 1. The first kappa shape index (κ1) is 16.7. The van der Waals surface area contributed by atoms with Crippen molar-refractivity contribution in [2.24, 2.45) is 0 Å². The van der Waals surface area contributed by atoms with Crippen molar-refractivity contribution in [1.29, 1.82) is 0 Å². The van der Waals surface area contributed by atoms with Crippen LogP contribution in [0.1, 0.15) is 32.1 Å². The van der Waals surface area contributed by atoms with Crippen LogP contribution in [0.25, 0.3) is 0 Å². The molecule has 0 atom stereocenters. The van der Waals surface area contributed by atoms with Gasteiger partial charge >= 0.3 is 0 Å². The molecule has 1 saturated heterocycles. The summed E-state index contributed by atoms with van der Waals surface area (Å²) in [6, 6.07) is 6.41. The van der Waals surface area contributed by atoms with Crippen LogP contribution in [0.5, 0.6) is 0 Å². The van der Waals surface area contributed by atoms with Crippen LogP contribution in [-0.2, 0) is 4.79 Å². The molecule has 22 heavy (non-hydrogen) atoms. The molecular weight excluding hydrogens is 301 g/mol. The molecule has 0 radical (unpaired) electrons. The molecule has 1 aromatic carbocycles. The summed E-state index contributed by atoms with van der Waals surface area (Å²) >= 11 is 5.14. The molecule has 0 bridgehead atoms. The van der Waals surface area contributed by atoms with Crippen LogP contribution < -0.4 is 10.6 Å². The van der Waals surface area contributed by atoms with Gasteiger partial charge in [0.25, 0.3) is 0 Å². The van der Waals surface area contributed by atoms with Crippen LogP contribution in [0.2, 0.25) is 0 Å². The van der Waals surface area contributed by atoms with Gasteiger partial charge in [-0.15, -0.1) is 0 Å². The van der Waals surface area contributed by atoms with Gasteiger partial charge in [0.2, 0.25) is 5.91 Å². The average molecular weight is 323 g/mol. The highest BCUT2D eigenvalue weighted by Crippen LogP contribution is 2.12. The number of hydrogen-bond acceptors (Lipinski definition) is 2. The number of halogens is 1. The first-order valence-corrected chi connectivity index (χ1v) is 8.15. The van der Waals surface area contributed by atoms with Crippen LogP contribution in [0.4, 0.5) is 10.1 Å². The standard InChI is InChI=1S/C16H22FN3OS/c17-13-7-3-4-8-14(13)19-16(22)18-10-6-12-20-11-5-1-2-9-15(20)21/h3-4,7-8H,1-2,5-6,9-12H2,(H2,18,19,22). The largest absolute Gasteiger partial charge is 0.362 e. The summed E-state index contributed by atoms with van der Waals surface area (Å²) in [5, 5.41) is 6.27. The highest BCUT2D eigenvalue weighted by Gasteiger charge is 2.15. The fraction of sp³-hybridized carbons (Fsp3) is 0.500. The van der Waals surface area contributed by atoms with Crippen molar-refractivity contribution >= 4 is 28.9 Å². The van der Waals surface area contributed by atoms with E-state index in [2.05, 4.69) is 10.6 Å². The van der Waals surface area contributed by atoms with Crippen molar-refractivity contribution in [3.63, 3.8) is 0 Å². The monoisotopic (exact) mass is 323 g/mol. The number of carbonyl (C=O) groups excluding carboxylic acids is 1. The van der Waals surface area contributed by atoms with E-state index in [4.69, 9.17) is 12.2 Å². The molecule has 2 N–H and O–H groups in total. The normalized spacial score (nSPS) is 15.3. The van der Waals surface area contributed by atoms with E-state index in [1.165, 1.54) is 6.07 Å². The number of para-hydroxylation sites is 1. The van der Waals surface area contributed by atoms with Crippen molar-refractivity contribution in [2.75, 3.05) is 25.0 Å². The lowest BCUT2D eigenvalue weighted by Gasteiger charge is -2.20. The second-order valence-electron chi connectivity index (χ2n) is 5.41. The van der Waals surface area contributed by atoms with E-state index in [0.717, 1.165) is 38.8 Å². The Balaban J connectivity index is 1.67. The highest BCUT2D eigenvalue weighted by atomic mass is 32.1. The Kier molecular flexibility index (Phi) is 6.58.